The van der Waals surface area contributed by atoms with Crippen LogP contribution in [0.15, 0.2) is 23.1 Å². The molecule has 1 aromatic carbocycles. The van der Waals surface area contributed by atoms with Gasteiger partial charge < -0.3 is 9.84 Å². The Morgan fingerprint density at radius 2 is 2.00 bits per heavy atom. The predicted molar refractivity (Wildman–Crippen MR) is 75.6 cm³/mol. The maximum absolute atomic E-state index is 12.9. The molecule has 134 valence electrons. The number of Topliss-reactive ketones (excluding diaryl/α,β-unsaturated/α-hetero) is 1. The van der Waals surface area contributed by atoms with E-state index >= 15 is 0 Å². The molecule has 0 aromatic heterocycles. The first-order chi connectivity index (χ1) is 11.4. The van der Waals surface area contributed by atoms with Gasteiger partial charge in [0.05, 0.1) is 10.5 Å². The number of hydrogen-bond acceptors (Lipinski definition) is 6. The summed E-state index contributed by atoms with van der Waals surface area (Å²) >= 11 is 0. The Morgan fingerprint density at radius 3 is 2.44 bits per heavy atom. The molecule has 0 bridgehead atoms. The van der Waals surface area contributed by atoms with E-state index in [1.807, 2.05) is 0 Å². The molecule has 2 atom stereocenters. The smallest absolute Gasteiger partial charge is 0.358 e. The highest BCUT2D eigenvalue weighted by Gasteiger charge is 2.78. The van der Waals surface area contributed by atoms with Gasteiger partial charge in [-0.15, -0.1) is 0 Å². The monoisotopic (exact) mass is 375 g/mol. The predicted octanol–water partition coefficient (Wildman–Crippen LogP) is 1.53. The topological polar surface area (TPSA) is 108 Å². The van der Waals surface area contributed by atoms with Crippen molar-refractivity contribution in [2.75, 3.05) is 6.26 Å². The van der Waals surface area contributed by atoms with Crippen molar-refractivity contribution in [3.8, 4) is 6.07 Å². The summed E-state index contributed by atoms with van der Waals surface area (Å²) in [6.45, 7) is 0. The lowest BCUT2D eigenvalue weighted by atomic mass is 9.90. The second kappa shape index (κ2) is 5.03. The number of carbonyl (C=O) groups is 1. The first-order valence-corrected chi connectivity index (χ1v) is 9.06. The Labute approximate surface area is 140 Å². The SMILES string of the molecule is CS(=O)(=O)c1cc(C(F)(F)F)ccc1C1(O)OC1(C#N)C(=O)C1CC1. The third-order valence-corrected chi connectivity index (χ3v) is 5.40. The van der Waals surface area contributed by atoms with Crippen molar-refractivity contribution in [1.82, 2.24) is 0 Å². The standard InChI is InChI=1S/C15H12F3NO5S/c1-25(22,23)11-6-9(15(16,17)18)4-5-10(11)14(21)13(7-19,24-14)12(20)8-2-3-8/h4-6,8,21H,2-3H2,1H3. The van der Waals surface area contributed by atoms with Crippen molar-refractivity contribution in [2.24, 2.45) is 5.92 Å². The number of ether oxygens (including phenoxy) is 1. The maximum atomic E-state index is 12.9. The van der Waals surface area contributed by atoms with Gasteiger partial charge in [0.15, 0.2) is 15.6 Å². The minimum atomic E-state index is -4.80. The third-order valence-electron chi connectivity index (χ3n) is 4.26. The number of alkyl halides is 3. The normalized spacial score (nSPS) is 29.1. The molecule has 2 unspecified atom stereocenters. The van der Waals surface area contributed by atoms with Gasteiger partial charge in [0.1, 0.15) is 6.07 Å². The quantitative estimate of drug-likeness (QED) is 0.800. The van der Waals surface area contributed by atoms with Crippen LogP contribution < -0.4 is 0 Å². The molecule has 2 aliphatic rings. The molecule has 1 N–H and O–H groups in total. The number of aliphatic hydroxyl groups is 1. The lowest BCUT2D eigenvalue weighted by Crippen LogP contribution is -2.33. The molecular weight excluding hydrogens is 363 g/mol. The lowest BCUT2D eigenvalue weighted by molar-refractivity contribution is -0.137. The molecule has 10 heteroatoms. The highest BCUT2D eigenvalue weighted by atomic mass is 32.2. The highest BCUT2D eigenvalue weighted by Crippen LogP contribution is 2.58. The van der Waals surface area contributed by atoms with Crippen LogP contribution in [0.2, 0.25) is 0 Å². The zero-order chi connectivity index (χ0) is 18.8. The number of halogens is 3. The van der Waals surface area contributed by atoms with E-state index in [0.29, 0.717) is 31.2 Å². The van der Waals surface area contributed by atoms with Crippen LogP contribution in [-0.4, -0.2) is 31.2 Å². The van der Waals surface area contributed by atoms with E-state index in [1.54, 1.807) is 6.07 Å². The summed E-state index contributed by atoms with van der Waals surface area (Å²) < 4.78 is 67.4. The summed E-state index contributed by atoms with van der Waals surface area (Å²) in [5, 5.41) is 19.9. The molecule has 1 aromatic rings. The Hall–Kier alpha value is -1.96. The van der Waals surface area contributed by atoms with Gasteiger partial charge in [0.2, 0.25) is 5.79 Å². The fourth-order valence-corrected chi connectivity index (χ4v) is 3.68. The zero-order valence-corrected chi connectivity index (χ0v) is 13.6. The third kappa shape index (κ3) is 2.63. The Bertz CT molecular complexity index is 916. The first kappa shape index (κ1) is 17.8. The number of hydrogen-bond donors (Lipinski definition) is 1. The molecule has 0 radical (unpaired) electrons. The van der Waals surface area contributed by atoms with Gasteiger partial charge in [0, 0.05) is 17.7 Å². The van der Waals surface area contributed by atoms with Crippen molar-refractivity contribution in [3.63, 3.8) is 0 Å². The van der Waals surface area contributed by atoms with Crippen LogP contribution in [0.1, 0.15) is 24.0 Å². The second-order valence-electron chi connectivity index (χ2n) is 6.16. The Morgan fingerprint density at radius 1 is 1.40 bits per heavy atom. The zero-order valence-electron chi connectivity index (χ0n) is 12.8. The average molecular weight is 375 g/mol. The van der Waals surface area contributed by atoms with E-state index in [0.717, 1.165) is 6.07 Å². The lowest BCUT2D eigenvalue weighted by Gasteiger charge is -2.15. The molecule has 3 rings (SSSR count). The summed E-state index contributed by atoms with van der Waals surface area (Å²) in [6.07, 6.45) is -3.13. The molecule has 1 saturated carbocycles. The molecule has 0 amide bonds. The van der Waals surface area contributed by atoms with Gasteiger partial charge in [-0.05, 0) is 25.0 Å². The number of ketones is 1. The van der Waals surface area contributed by atoms with Crippen LogP contribution in [0.3, 0.4) is 0 Å². The number of rotatable bonds is 4. The summed E-state index contributed by atoms with van der Waals surface area (Å²) in [5.74, 6) is -3.77. The molecule has 0 spiro atoms. The largest absolute Gasteiger partial charge is 0.416 e. The number of carbonyl (C=O) groups excluding carboxylic acids is 1. The van der Waals surface area contributed by atoms with Crippen molar-refractivity contribution in [1.29, 1.82) is 5.26 Å². The molecule has 1 aliphatic carbocycles. The molecule has 6 nitrogen and oxygen atoms in total. The van der Waals surface area contributed by atoms with Gasteiger partial charge >= 0.3 is 6.18 Å². The van der Waals surface area contributed by atoms with Crippen LogP contribution >= 0.6 is 0 Å². The summed E-state index contributed by atoms with van der Waals surface area (Å²) in [7, 11) is -4.21. The molecule has 1 heterocycles. The highest BCUT2D eigenvalue weighted by molar-refractivity contribution is 7.90. The summed E-state index contributed by atoms with van der Waals surface area (Å²) in [4.78, 5) is 11.4. The van der Waals surface area contributed by atoms with Crippen molar-refractivity contribution >= 4 is 15.6 Å². The van der Waals surface area contributed by atoms with Crippen LogP contribution in [0.4, 0.5) is 13.2 Å². The Balaban J connectivity index is 2.15. The van der Waals surface area contributed by atoms with E-state index in [2.05, 4.69) is 0 Å². The molecule has 2 fully saturated rings. The van der Waals surface area contributed by atoms with Crippen LogP contribution in [0.5, 0.6) is 0 Å². The Kier molecular flexibility index (Phi) is 3.59. The van der Waals surface area contributed by atoms with E-state index in [4.69, 9.17) is 4.74 Å². The van der Waals surface area contributed by atoms with Crippen molar-refractivity contribution in [3.05, 3.63) is 29.3 Å². The van der Waals surface area contributed by atoms with E-state index < -0.39 is 55.1 Å². The minimum absolute atomic E-state index is 0.355. The van der Waals surface area contributed by atoms with Crippen LogP contribution in [0, 0.1) is 17.2 Å². The van der Waals surface area contributed by atoms with Gasteiger partial charge in [0.25, 0.3) is 5.60 Å². The molecule has 1 saturated heterocycles. The van der Waals surface area contributed by atoms with Gasteiger partial charge in [-0.25, -0.2) is 8.42 Å². The minimum Gasteiger partial charge on any atom is -0.358 e. The summed E-state index contributed by atoms with van der Waals surface area (Å²) in [5.41, 5.74) is -4.09. The average Bonchev–Trinajstić information content (AvgIpc) is 3.40. The van der Waals surface area contributed by atoms with E-state index in [1.165, 1.54) is 0 Å². The number of benzene rings is 1. The second-order valence-corrected chi connectivity index (χ2v) is 8.14. The van der Waals surface area contributed by atoms with E-state index in [-0.39, 0.29) is 0 Å². The van der Waals surface area contributed by atoms with Crippen LogP contribution in [0.25, 0.3) is 0 Å². The van der Waals surface area contributed by atoms with Crippen molar-refractivity contribution in [2.45, 2.75) is 35.3 Å². The molecule has 1 aliphatic heterocycles. The molecule has 25 heavy (non-hydrogen) atoms. The number of sulfone groups is 1. The fraction of sp³-hybridized carbons (Fsp3) is 0.467. The maximum Gasteiger partial charge on any atom is 0.416 e. The number of epoxide rings is 1. The van der Waals surface area contributed by atoms with Gasteiger partial charge in [-0.1, -0.05) is 6.07 Å². The molecular formula is C15H12F3NO5S. The fourth-order valence-electron chi connectivity index (χ4n) is 2.73. The number of nitrogens with zero attached hydrogens (tertiary/aromatic N) is 1. The van der Waals surface area contributed by atoms with Gasteiger partial charge in [-0.2, -0.15) is 18.4 Å². The van der Waals surface area contributed by atoms with Gasteiger partial charge in [-0.3, -0.25) is 4.79 Å². The van der Waals surface area contributed by atoms with E-state index in [9.17, 15) is 36.8 Å². The van der Waals surface area contributed by atoms with Crippen molar-refractivity contribution < 1.29 is 36.2 Å². The van der Waals surface area contributed by atoms with Crippen LogP contribution in [-0.2, 0) is 31.3 Å². The summed E-state index contributed by atoms with van der Waals surface area (Å²) in [6, 6.07) is 3.19. The first-order valence-electron chi connectivity index (χ1n) is 7.17. The number of nitriles is 1.